The highest BCUT2D eigenvalue weighted by Crippen LogP contribution is 2.29. The standard InChI is InChI=1S/C25H32N2O6/c1-18-10-6-3-2-4-7-11-20(26-32-17-23(30)27-12-8-5-9-13-27)14-19-15-21(28)16-22(29)24(19)25(31)33-18/h3,6-7,11,15-16,18,28-29H,2,4-5,8-10,12-14,17H2,1H3/b6-3+,11-7+,26-20+/t18-/m1/s1. The molecule has 8 nitrogen and oxygen atoms in total. The summed E-state index contributed by atoms with van der Waals surface area (Å²) in [6.45, 7) is 3.08. The van der Waals surface area contributed by atoms with Crippen molar-refractivity contribution in [3.8, 4) is 11.5 Å². The molecule has 2 aliphatic heterocycles. The van der Waals surface area contributed by atoms with Gasteiger partial charge in [-0.1, -0.05) is 23.4 Å². The van der Waals surface area contributed by atoms with Crippen molar-refractivity contribution in [2.75, 3.05) is 19.7 Å². The molecule has 33 heavy (non-hydrogen) atoms. The molecule has 0 spiro atoms. The Morgan fingerprint density at radius 2 is 1.91 bits per heavy atom. The first-order valence-corrected chi connectivity index (χ1v) is 11.5. The molecule has 1 aromatic carbocycles. The van der Waals surface area contributed by atoms with Crippen molar-refractivity contribution in [2.24, 2.45) is 5.16 Å². The zero-order chi connectivity index (χ0) is 23.6. The van der Waals surface area contributed by atoms with Gasteiger partial charge in [-0.2, -0.15) is 0 Å². The van der Waals surface area contributed by atoms with Crippen LogP contribution in [0.2, 0.25) is 0 Å². The number of esters is 1. The SMILES string of the molecule is C[C@@H]1C/C=C/CC/C=C/C(=N\OCC(=O)N2CCCCC2)Cc2cc(O)cc(O)c2C(=O)O1. The second-order valence-corrected chi connectivity index (χ2v) is 8.38. The maximum atomic E-state index is 12.8. The molecular formula is C25H32N2O6. The molecule has 1 amide bonds. The number of fused-ring (bicyclic) bond motifs is 1. The van der Waals surface area contributed by atoms with E-state index in [1.165, 1.54) is 6.07 Å². The van der Waals surface area contributed by atoms with Crippen LogP contribution in [-0.4, -0.2) is 58.5 Å². The van der Waals surface area contributed by atoms with Crippen LogP contribution in [0.1, 0.15) is 61.4 Å². The third kappa shape index (κ3) is 7.37. The number of allylic oxidation sites excluding steroid dienone is 3. The first-order chi connectivity index (χ1) is 15.9. The lowest BCUT2D eigenvalue weighted by molar-refractivity contribution is -0.137. The van der Waals surface area contributed by atoms with E-state index in [0.29, 0.717) is 17.7 Å². The molecule has 0 aliphatic carbocycles. The zero-order valence-corrected chi connectivity index (χ0v) is 19.0. The van der Waals surface area contributed by atoms with Crippen LogP contribution in [0, 0.1) is 0 Å². The van der Waals surface area contributed by atoms with Crippen LogP contribution in [0.15, 0.2) is 41.6 Å². The first-order valence-electron chi connectivity index (χ1n) is 11.5. The van der Waals surface area contributed by atoms with Crippen LogP contribution < -0.4 is 0 Å². The summed E-state index contributed by atoms with van der Waals surface area (Å²) in [6, 6.07) is 2.50. The highest BCUT2D eigenvalue weighted by atomic mass is 16.6. The number of aromatic hydroxyl groups is 2. The summed E-state index contributed by atoms with van der Waals surface area (Å²) in [5, 5.41) is 24.5. The lowest BCUT2D eigenvalue weighted by atomic mass is 9.99. The van der Waals surface area contributed by atoms with E-state index in [2.05, 4.69) is 5.16 Å². The zero-order valence-electron chi connectivity index (χ0n) is 19.0. The molecule has 2 heterocycles. The molecule has 0 unspecified atom stereocenters. The first kappa shape index (κ1) is 24.4. The molecule has 0 saturated carbocycles. The quantitative estimate of drug-likeness (QED) is 0.406. The van der Waals surface area contributed by atoms with Crippen LogP contribution in [0.5, 0.6) is 11.5 Å². The highest BCUT2D eigenvalue weighted by molar-refractivity contribution is 6.00. The highest BCUT2D eigenvalue weighted by Gasteiger charge is 2.22. The number of nitrogens with zero attached hydrogens (tertiary/aromatic N) is 2. The number of rotatable bonds is 3. The Morgan fingerprint density at radius 3 is 2.70 bits per heavy atom. The molecule has 1 fully saturated rings. The molecule has 1 atom stereocenters. The molecule has 0 aromatic heterocycles. The van der Waals surface area contributed by atoms with Crippen LogP contribution in [0.25, 0.3) is 0 Å². The number of hydrogen-bond acceptors (Lipinski definition) is 7. The average Bonchev–Trinajstić information content (AvgIpc) is 2.77. The molecule has 3 rings (SSSR count). The predicted molar refractivity (Wildman–Crippen MR) is 124 cm³/mol. The van der Waals surface area contributed by atoms with Crippen LogP contribution in [0.4, 0.5) is 0 Å². The van der Waals surface area contributed by atoms with Crippen LogP contribution >= 0.6 is 0 Å². The number of amides is 1. The van der Waals surface area contributed by atoms with Crippen molar-refractivity contribution in [2.45, 2.75) is 58.0 Å². The van der Waals surface area contributed by atoms with Gasteiger partial charge in [0.05, 0.1) is 5.71 Å². The van der Waals surface area contributed by atoms with Crippen LogP contribution in [0.3, 0.4) is 0 Å². The van der Waals surface area contributed by atoms with E-state index in [9.17, 15) is 19.8 Å². The van der Waals surface area contributed by atoms with Gasteiger partial charge in [0.1, 0.15) is 23.2 Å². The second-order valence-electron chi connectivity index (χ2n) is 8.38. The van der Waals surface area contributed by atoms with E-state index in [0.717, 1.165) is 51.3 Å². The summed E-state index contributed by atoms with van der Waals surface area (Å²) >= 11 is 0. The van der Waals surface area contributed by atoms with Gasteiger partial charge in [0.15, 0.2) is 6.61 Å². The van der Waals surface area contributed by atoms with Crippen molar-refractivity contribution in [1.29, 1.82) is 0 Å². The third-order valence-electron chi connectivity index (χ3n) is 5.59. The number of oxime groups is 1. The Labute approximate surface area is 194 Å². The molecule has 0 radical (unpaired) electrons. The Bertz CT molecular complexity index is 931. The smallest absolute Gasteiger partial charge is 0.342 e. The Balaban J connectivity index is 1.83. The van der Waals surface area contributed by atoms with Gasteiger partial charge in [-0.25, -0.2) is 4.79 Å². The number of carbonyl (C=O) groups is 2. The molecule has 0 bridgehead atoms. The number of piperidine rings is 1. The summed E-state index contributed by atoms with van der Waals surface area (Å²) in [5.74, 6) is -1.33. The van der Waals surface area contributed by atoms with Gasteiger partial charge in [0.25, 0.3) is 5.91 Å². The number of benzene rings is 1. The number of ether oxygens (including phenoxy) is 1. The molecular weight excluding hydrogens is 424 g/mol. The second kappa shape index (κ2) is 12.1. The van der Waals surface area contributed by atoms with E-state index in [1.807, 2.05) is 18.2 Å². The van der Waals surface area contributed by atoms with Gasteiger partial charge in [0, 0.05) is 32.0 Å². The lowest BCUT2D eigenvalue weighted by Crippen LogP contribution is -2.37. The Morgan fingerprint density at radius 1 is 1.15 bits per heavy atom. The normalized spacial score (nSPS) is 23.2. The maximum absolute atomic E-state index is 12.8. The molecule has 178 valence electrons. The van der Waals surface area contributed by atoms with Gasteiger partial charge < -0.3 is 24.7 Å². The van der Waals surface area contributed by atoms with Gasteiger partial charge in [0.2, 0.25) is 0 Å². The molecule has 2 aliphatic rings. The summed E-state index contributed by atoms with van der Waals surface area (Å²) in [6.07, 6.45) is 12.7. The fourth-order valence-electron chi connectivity index (χ4n) is 3.87. The molecule has 8 heteroatoms. The number of phenols is 2. The summed E-state index contributed by atoms with van der Waals surface area (Å²) in [4.78, 5) is 32.3. The number of hydrogen-bond donors (Lipinski definition) is 2. The Hall–Kier alpha value is -3.29. The van der Waals surface area contributed by atoms with Crippen molar-refractivity contribution in [1.82, 2.24) is 4.90 Å². The van der Waals surface area contributed by atoms with E-state index in [-0.39, 0.29) is 42.1 Å². The lowest BCUT2D eigenvalue weighted by Gasteiger charge is -2.26. The Kier molecular flexibility index (Phi) is 8.92. The van der Waals surface area contributed by atoms with Gasteiger partial charge >= 0.3 is 5.97 Å². The minimum atomic E-state index is -0.676. The summed E-state index contributed by atoms with van der Waals surface area (Å²) in [7, 11) is 0. The van der Waals surface area contributed by atoms with E-state index in [1.54, 1.807) is 17.9 Å². The number of cyclic esters (lactones) is 1. The molecule has 2 N–H and O–H groups in total. The number of carbonyl (C=O) groups excluding carboxylic acids is 2. The minimum Gasteiger partial charge on any atom is -0.508 e. The van der Waals surface area contributed by atoms with Gasteiger partial charge in [-0.15, -0.1) is 0 Å². The maximum Gasteiger partial charge on any atom is 0.342 e. The topological polar surface area (TPSA) is 109 Å². The van der Waals surface area contributed by atoms with E-state index < -0.39 is 5.97 Å². The fourth-order valence-corrected chi connectivity index (χ4v) is 3.87. The molecule has 1 aromatic rings. The summed E-state index contributed by atoms with van der Waals surface area (Å²) in [5.41, 5.74) is 0.785. The minimum absolute atomic E-state index is 0.0221. The van der Waals surface area contributed by atoms with Crippen molar-refractivity contribution in [3.63, 3.8) is 0 Å². The van der Waals surface area contributed by atoms with Crippen molar-refractivity contribution >= 4 is 17.6 Å². The van der Waals surface area contributed by atoms with Gasteiger partial charge in [-0.3, -0.25) is 4.79 Å². The monoisotopic (exact) mass is 456 g/mol. The molecule has 1 saturated heterocycles. The number of phenolic OH excluding ortho intramolecular Hbond substituents is 2. The van der Waals surface area contributed by atoms with E-state index >= 15 is 0 Å². The van der Waals surface area contributed by atoms with Crippen molar-refractivity contribution in [3.05, 3.63) is 47.6 Å². The van der Waals surface area contributed by atoms with Crippen LogP contribution in [-0.2, 0) is 20.8 Å². The fraction of sp³-hybridized carbons (Fsp3) is 0.480. The average molecular weight is 457 g/mol. The van der Waals surface area contributed by atoms with Crippen molar-refractivity contribution < 1.29 is 29.4 Å². The van der Waals surface area contributed by atoms with E-state index in [4.69, 9.17) is 9.57 Å². The largest absolute Gasteiger partial charge is 0.508 e. The predicted octanol–water partition coefficient (Wildman–Crippen LogP) is 3.87. The summed E-state index contributed by atoms with van der Waals surface area (Å²) < 4.78 is 5.49. The number of likely N-dealkylation sites (tertiary alicyclic amines) is 1. The third-order valence-corrected chi connectivity index (χ3v) is 5.59. The van der Waals surface area contributed by atoms with Gasteiger partial charge in [-0.05, 0) is 56.7 Å².